The lowest BCUT2D eigenvalue weighted by molar-refractivity contribution is -0.221. The quantitative estimate of drug-likeness (QED) is 0.0384. The van der Waals surface area contributed by atoms with Crippen molar-refractivity contribution in [3.8, 4) is 23.1 Å². The molecule has 2 aromatic heterocycles. The maximum Gasteiger partial charge on any atom is 0.407 e. The minimum absolute atomic E-state index is 0.00682. The Kier molecular flexibility index (Phi) is 17.9. The van der Waals surface area contributed by atoms with Crippen LogP contribution >= 0.6 is 0 Å². The molecule has 438 valence electrons. The summed E-state index contributed by atoms with van der Waals surface area (Å²) in [4.78, 5) is 62.6. The number of amides is 4. The molecule has 26 heteroatoms. The molecule has 81 heavy (non-hydrogen) atoms. The number of aliphatic hydroxyl groups is 1. The summed E-state index contributed by atoms with van der Waals surface area (Å²) in [7, 11) is 1.67. The van der Waals surface area contributed by atoms with Crippen LogP contribution in [-0.4, -0.2) is 156 Å². The first-order valence-corrected chi connectivity index (χ1v) is 26.2. The van der Waals surface area contributed by atoms with Crippen LogP contribution in [0, 0.1) is 34.3 Å². The Labute approximate surface area is 462 Å². The molecule has 3 aliphatic heterocycles. The molecule has 4 fully saturated rings. The lowest BCUT2D eigenvalue weighted by Crippen LogP contribution is -2.63. The van der Waals surface area contributed by atoms with Crippen LogP contribution in [0.5, 0.6) is 0 Å². The predicted octanol–water partition coefficient (Wildman–Crippen LogP) is 6.56. The smallest absolute Gasteiger partial charge is 0.407 e. The molecule has 2 bridgehead atoms. The number of hydrazine groups is 1. The first kappa shape index (κ1) is 60.0. The summed E-state index contributed by atoms with van der Waals surface area (Å²) in [5.41, 5.74) is -3.07. The molecule has 6 atom stereocenters. The average molecular weight is 1150 g/mol. The number of hydrogen-bond acceptors (Lipinski definition) is 13. The van der Waals surface area contributed by atoms with Crippen molar-refractivity contribution in [2.75, 3.05) is 52.0 Å². The number of carbonyl (C=O) groups excluding carboxylic acids is 4. The number of fused-ring (bicyclic) bond motifs is 2. The van der Waals surface area contributed by atoms with Gasteiger partial charge in [-0.2, -0.15) is 31.4 Å². The summed E-state index contributed by atoms with van der Waals surface area (Å²) in [6.07, 6.45) is -8.44. The largest absolute Gasteiger partial charge is 0.453 e. The van der Waals surface area contributed by atoms with E-state index in [-0.39, 0.29) is 17.3 Å². The first-order valence-electron chi connectivity index (χ1n) is 26.2. The van der Waals surface area contributed by atoms with E-state index in [4.69, 9.17) is 9.72 Å². The number of alkyl halides is 6. The average Bonchev–Trinajstić information content (AvgIpc) is 4.31. The van der Waals surface area contributed by atoms with E-state index in [2.05, 4.69) is 47.0 Å². The molecule has 1 saturated carbocycles. The van der Waals surface area contributed by atoms with Crippen LogP contribution in [0.3, 0.4) is 0 Å². The summed E-state index contributed by atoms with van der Waals surface area (Å²) in [5, 5.41) is 23.2. The number of hydrogen-bond donors (Lipinski definition) is 5. The van der Waals surface area contributed by atoms with Gasteiger partial charge in [0.1, 0.15) is 29.5 Å². The van der Waals surface area contributed by atoms with Gasteiger partial charge in [-0.25, -0.2) is 28.4 Å². The van der Waals surface area contributed by atoms with Gasteiger partial charge in [0.25, 0.3) is 5.91 Å². The van der Waals surface area contributed by atoms with E-state index < -0.39 is 108 Å². The number of benzene rings is 2. The number of aliphatic hydroxyl groups excluding tert-OH is 1. The van der Waals surface area contributed by atoms with E-state index in [9.17, 15) is 50.6 Å². The number of piperazine rings is 1. The van der Waals surface area contributed by atoms with Crippen molar-refractivity contribution >= 4 is 29.8 Å². The van der Waals surface area contributed by atoms with E-state index in [1.807, 2.05) is 22.8 Å². The monoisotopic (exact) mass is 1140 g/mol. The lowest BCUT2D eigenvalue weighted by Gasteiger charge is -2.47. The van der Waals surface area contributed by atoms with Gasteiger partial charge >= 0.3 is 24.5 Å². The lowest BCUT2D eigenvalue weighted by atomic mass is 9.82. The molecular weight excluding hydrogens is 1080 g/mol. The Morgan fingerprint density at radius 2 is 1.30 bits per heavy atom. The van der Waals surface area contributed by atoms with Crippen LogP contribution in [0.4, 0.5) is 50.5 Å². The minimum Gasteiger partial charge on any atom is -0.453 e. The Balaban J connectivity index is 1.07. The van der Waals surface area contributed by atoms with Gasteiger partial charge in [0, 0.05) is 72.9 Å². The van der Waals surface area contributed by atoms with Gasteiger partial charge in [-0.05, 0) is 108 Å². The summed E-state index contributed by atoms with van der Waals surface area (Å²) in [6, 6.07) is 8.24. The number of alkyl carbamates (subject to hydrolysis) is 2. The highest BCUT2D eigenvalue weighted by Gasteiger charge is 2.57. The van der Waals surface area contributed by atoms with Crippen LogP contribution in [0.15, 0.2) is 67.0 Å². The van der Waals surface area contributed by atoms with Gasteiger partial charge in [0.05, 0.1) is 68.2 Å². The number of nitrogens with one attached hydrogen (secondary N) is 4. The number of aromatic nitrogens is 3. The molecule has 0 spiro atoms. The number of pyridine rings is 1. The fourth-order valence-electron chi connectivity index (χ4n) is 10.1. The zero-order chi connectivity index (χ0) is 58.8. The third kappa shape index (κ3) is 13.8. The fraction of sp³-hybridized carbons (Fsp3) is 0.527. The summed E-state index contributed by atoms with van der Waals surface area (Å²) in [6.45, 7) is 3.62. The molecule has 5 heterocycles. The number of halogens is 8. The van der Waals surface area contributed by atoms with Gasteiger partial charge < -0.3 is 40.2 Å². The van der Waals surface area contributed by atoms with Gasteiger partial charge in [-0.3, -0.25) is 24.6 Å². The van der Waals surface area contributed by atoms with E-state index in [1.165, 1.54) is 18.2 Å². The Hall–Kier alpha value is -7.08. The molecule has 0 radical (unpaired) electrons. The third-order valence-corrected chi connectivity index (χ3v) is 15.5. The second kappa shape index (κ2) is 24.2. The first-order chi connectivity index (χ1) is 38.2. The van der Waals surface area contributed by atoms with E-state index >= 15 is 8.78 Å². The number of nitrogens with zero attached hydrogens (tertiary/aromatic N) is 6. The second-order valence-electron chi connectivity index (χ2n) is 21.9. The zero-order valence-corrected chi connectivity index (χ0v) is 45.3. The van der Waals surface area contributed by atoms with Crippen LogP contribution in [0.2, 0.25) is 0 Å². The van der Waals surface area contributed by atoms with Crippen molar-refractivity contribution in [2.24, 2.45) is 10.8 Å². The number of rotatable bonds is 19. The maximum atomic E-state index is 16.2. The van der Waals surface area contributed by atoms with E-state index in [0.717, 1.165) is 84.2 Å². The molecule has 18 nitrogen and oxygen atoms in total. The third-order valence-electron chi connectivity index (χ3n) is 15.5. The van der Waals surface area contributed by atoms with Gasteiger partial charge in [-0.1, -0.05) is 24.0 Å². The zero-order valence-electron chi connectivity index (χ0n) is 45.3. The van der Waals surface area contributed by atoms with Crippen molar-refractivity contribution in [1.29, 1.82) is 0 Å². The normalized spacial score (nSPS) is 19.3. The molecule has 4 amide bonds. The molecule has 8 rings (SSSR count). The standard InChI is InChI=1S/C55H64F8N10O8/c1-52(2,54(58,59)60)46(66-50(77)79-5)48(75)65-43(21-32-10-7-31(8-11-32)9-12-33-13-18-45(64-24-33)70-25-36-16-17-37(26-70)73(36)38-29-81-30-38)44(74)28-71(69-49(76)47(67-51(78)80-6)53(3,4)55(61,62)63)27-39-40(56)22-34(23-41(39)57)42-19-20-72(68-42)35-14-15-35/h7-8,10-11,13,18-20,22-24,35-38,43-44,46-47,74H,14-17,21,25-30H2,1-6H3,(H,65,75)(H,66,77)(H,67,78)(H,69,76)/t36?,37?,43-,44-,46?,47+/m0/s1. The SMILES string of the molecule is COC(=O)NC(C(=O)N[C@@H](Cc1ccc(C#Cc2ccc(N3CC4CCC(C3)N4C3COC3)nc2)cc1)[C@@H](O)CN(Cc1c(F)cc(-c2ccn(C3CC3)n2)cc1F)NC(=O)[C@@H](NC(=O)OC)C(C)(C)C(F)(F)F)C(C)(C)C(F)(F)F. The Morgan fingerprint density at radius 1 is 0.753 bits per heavy atom. The summed E-state index contributed by atoms with van der Waals surface area (Å²) < 4.78 is 136. The minimum atomic E-state index is -5.18. The molecule has 2 aromatic carbocycles. The van der Waals surface area contributed by atoms with Crippen LogP contribution in [-0.2, 0) is 36.8 Å². The summed E-state index contributed by atoms with van der Waals surface area (Å²) >= 11 is 0. The fourth-order valence-corrected chi connectivity index (χ4v) is 10.1. The van der Waals surface area contributed by atoms with Crippen molar-refractivity contribution in [1.82, 2.24) is 46.0 Å². The van der Waals surface area contributed by atoms with Crippen molar-refractivity contribution < 1.29 is 73.6 Å². The molecule has 4 aliphatic rings. The predicted molar refractivity (Wildman–Crippen MR) is 277 cm³/mol. The van der Waals surface area contributed by atoms with Crippen molar-refractivity contribution in [3.05, 3.63) is 101 Å². The second-order valence-corrected chi connectivity index (χ2v) is 21.9. The molecule has 3 unspecified atom stereocenters. The highest BCUT2D eigenvalue weighted by molar-refractivity contribution is 5.87. The van der Waals surface area contributed by atoms with Gasteiger partial charge in [0.15, 0.2) is 0 Å². The molecule has 5 N–H and O–H groups in total. The van der Waals surface area contributed by atoms with Crippen molar-refractivity contribution in [2.45, 2.75) is 127 Å². The van der Waals surface area contributed by atoms with Gasteiger partial charge in [0.2, 0.25) is 5.91 Å². The van der Waals surface area contributed by atoms with Crippen molar-refractivity contribution in [3.63, 3.8) is 0 Å². The number of carbonyl (C=O) groups is 4. The van der Waals surface area contributed by atoms with Crippen LogP contribution in [0.1, 0.15) is 81.7 Å². The molecule has 1 aliphatic carbocycles. The Bertz CT molecular complexity index is 2940. The molecule has 3 saturated heterocycles. The molecule has 4 aromatic rings. The number of ether oxygens (including phenoxy) is 3. The topological polar surface area (TPSA) is 205 Å². The maximum absolute atomic E-state index is 16.2. The van der Waals surface area contributed by atoms with E-state index in [0.29, 0.717) is 67.5 Å². The highest BCUT2D eigenvalue weighted by Crippen LogP contribution is 2.42. The van der Waals surface area contributed by atoms with Crippen LogP contribution in [0.25, 0.3) is 11.3 Å². The molecular formula is C55H64F8N10O8. The van der Waals surface area contributed by atoms with E-state index in [1.54, 1.807) is 29.2 Å². The number of anilines is 1. The Morgan fingerprint density at radius 3 is 1.80 bits per heavy atom. The van der Waals surface area contributed by atoms with Crippen LogP contribution < -0.4 is 26.3 Å². The highest BCUT2D eigenvalue weighted by atomic mass is 19.4. The van der Waals surface area contributed by atoms with Gasteiger partial charge in [-0.15, -0.1) is 0 Å². The number of methoxy groups -OCH3 is 2. The summed E-state index contributed by atoms with van der Waals surface area (Å²) in [5.74, 6) is 1.40.